The predicted octanol–water partition coefficient (Wildman–Crippen LogP) is -0.342. The summed E-state index contributed by atoms with van der Waals surface area (Å²) in [7, 11) is 0. The summed E-state index contributed by atoms with van der Waals surface area (Å²) in [6.07, 6.45) is 3.61. The minimum Gasteiger partial charge on any atom is -0.367 e. The molecule has 1 amide bonds. The third-order valence-electron chi connectivity index (χ3n) is 3.65. The fourth-order valence-corrected chi connectivity index (χ4v) is 2.54. The van der Waals surface area contributed by atoms with Crippen molar-refractivity contribution in [1.82, 2.24) is 9.80 Å². The zero-order valence-corrected chi connectivity index (χ0v) is 10.4. The van der Waals surface area contributed by atoms with Gasteiger partial charge < -0.3 is 15.4 Å². The molecule has 0 saturated carbocycles. The van der Waals surface area contributed by atoms with E-state index in [1.54, 1.807) is 0 Å². The van der Waals surface area contributed by atoms with E-state index in [4.69, 9.17) is 10.5 Å². The highest BCUT2D eigenvalue weighted by Crippen LogP contribution is 2.09. The molecule has 5 heteroatoms. The van der Waals surface area contributed by atoms with Gasteiger partial charge in [-0.3, -0.25) is 9.69 Å². The van der Waals surface area contributed by atoms with Crippen LogP contribution in [-0.4, -0.2) is 67.7 Å². The molecule has 2 rings (SSSR count). The highest BCUT2D eigenvalue weighted by atomic mass is 16.5. The first-order valence-electron chi connectivity index (χ1n) is 6.61. The van der Waals surface area contributed by atoms with Gasteiger partial charge in [-0.1, -0.05) is 6.42 Å². The van der Waals surface area contributed by atoms with E-state index in [2.05, 4.69) is 9.80 Å². The van der Waals surface area contributed by atoms with Crippen LogP contribution in [0.2, 0.25) is 0 Å². The van der Waals surface area contributed by atoms with E-state index in [1.165, 1.54) is 32.4 Å². The van der Waals surface area contributed by atoms with Crippen LogP contribution in [0.1, 0.15) is 19.3 Å². The van der Waals surface area contributed by atoms with Gasteiger partial charge in [0.2, 0.25) is 5.91 Å². The summed E-state index contributed by atoms with van der Waals surface area (Å²) in [6, 6.07) is 0. The monoisotopic (exact) mass is 241 g/mol. The fourth-order valence-electron chi connectivity index (χ4n) is 2.54. The zero-order valence-electron chi connectivity index (χ0n) is 10.4. The van der Waals surface area contributed by atoms with Gasteiger partial charge in [0, 0.05) is 26.2 Å². The van der Waals surface area contributed by atoms with E-state index < -0.39 is 6.10 Å². The van der Waals surface area contributed by atoms with E-state index in [-0.39, 0.29) is 5.91 Å². The molecule has 2 saturated heterocycles. The number of ether oxygens (including phenoxy) is 1. The molecule has 98 valence electrons. The van der Waals surface area contributed by atoms with Crippen LogP contribution in [0, 0.1) is 0 Å². The van der Waals surface area contributed by atoms with Gasteiger partial charge >= 0.3 is 0 Å². The number of amides is 1. The quantitative estimate of drug-likeness (QED) is 0.731. The van der Waals surface area contributed by atoms with Crippen LogP contribution in [-0.2, 0) is 9.53 Å². The van der Waals surface area contributed by atoms with Crippen molar-refractivity contribution < 1.29 is 9.53 Å². The molecule has 2 aliphatic heterocycles. The molecule has 2 N–H and O–H groups in total. The van der Waals surface area contributed by atoms with Crippen LogP contribution in [0.25, 0.3) is 0 Å². The number of carbonyl (C=O) groups is 1. The van der Waals surface area contributed by atoms with Crippen molar-refractivity contribution in [1.29, 1.82) is 0 Å². The number of hydrogen-bond donors (Lipinski definition) is 1. The highest BCUT2D eigenvalue weighted by Gasteiger charge is 2.24. The van der Waals surface area contributed by atoms with Crippen molar-refractivity contribution in [3.8, 4) is 0 Å². The number of carbonyl (C=O) groups excluding carboxylic acids is 1. The lowest BCUT2D eigenvalue weighted by molar-refractivity contribution is -0.135. The topological polar surface area (TPSA) is 58.8 Å². The average Bonchev–Trinajstić information content (AvgIpc) is 2.38. The van der Waals surface area contributed by atoms with Crippen molar-refractivity contribution in [3.63, 3.8) is 0 Å². The maximum absolute atomic E-state index is 11.1. The largest absolute Gasteiger partial charge is 0.367 e. The Labute approximate surface area is 103 Å². The van der Waals surface area contributed by atoms with Gasteiger partial charge in [0.1, 0.15) is 6.10 Å². The van der Waals surface area contributed by atoms with Crippen molar-refractivity contribution in [2.75, 3.05) is 45.9 Å². The predicted molar refractivity (Wildman–Crippen MR) is 65.7 cm³/mol. The van der Waals surface area contributed by atoms with Crippen LogP contribution >= 0.6 is 0 Å². The smallest absolute Gasteiger partial charge is 0.247 e. The second-order valence-corrected chi connectivity index (χ2v) is 4.96. The second-order valence-electron chi connectivity index (χ2n) is 4.96. The van der Waals surface area contributed by atoms with Crippen LogP contribution in [0.15, 0.2) is 0 Å². The third kappa shape index (κ3) is 3.94. The van der Waals surface area contributed by atoms with Crippen LogP contribution in [0.3, 0.4) is 0 Å². The van der Waals surface area contributed by atoms with Gasteiger partial charge in [0.05, 0.1) is 6.61 Å². The third-order valence-corrected chi connectivity index (χ3v) is 3.65. The van der Waals surface area contributed by atoms with Crippen molar-refractivity contribution in [2.24, 2.45) is 5.73 Å². The Morgan fingerprint density at radius 3 is 2.53 bits per heavy atom. The SMILES string of the molecule is NC(=O)C1CN(CCN2CCCCC2)CCO1. The van der Waals surface area contributed by atoms with Crippen LogP contribution in [0.5, 0.6) is 0 Å². The zero-order chi connectivity index (χ0) is 12.1. The van der Waals surface area contributed by atoms with E-state index in [9.17, 15) is 4.79 Å². The summed E-state index contributed by atoms with van der Waals surface area (Å²) in [6.45, 7) is 6.76. The maximum atomic E-state index is 11.1. The molecule has 0 aromatic carbocycles. The average molecular weight is 241 g/mol. The lowest BCUT2D eigenvalue weighted by atomic mass is 10.1. The molecule has 1 unspecified atom stereocenters. The maximum Gasteiger partial charge on any atom is 0.247 e. The molecule has 0 aromatic heterocycles. The number of piperidine rings is 1. The first-order valence-corrected chi connectivity index (χ1v) is 6.61. The number of rotatable bonds is 4. The minimum absolute atomic E-state index is 0.340. The van der Waals surface area contributed by atoms with E-state index in [1.807, 2.05) is 0 Å². The van der Waals surface area contributed by atoms with Gasteiger partial charge in [0.25, 0.3) is 0 Å². The molecule has 17 heavy (non-hydrogen) atoms. The molecule has 2 fully saturated rings. The number of nitrogens with two attached hydrogens (primary N) is 1. The number of primary amides is 1. The Hall–Kier alpha value is -0.650. The summed E-state index contributed by atoms with van der Waals surface area (Å²) in [4.78, 5) is 15.9. The lowest BCUT2D eigenvalue weighted by Crippen LogP contribution is -2.50. The molecule has 0 bridgehead atoms. The van der Waals surface area contributed by atoms with Gasteiger partial charge in [-0.15, -0.1) is 0 Å². The van der Waals surface area contributed by atoms with Gasteiger partial charge in [-0.05, 0) is 25.9 Å². The Bertz CT molecular complexity index is 254. The Balaban J connectivity index is 1.69. The summed E-state index contributed by atoms with van der Waals surface area (Å²) in [5.41, 5.74) is 5.27. The Morgan fingerprint density at radius 1 is 1.12 bits per heavy atom. The molecule has 5 nitrogen and oxygen atoms in total. The van der Waals surface area contributed by atoms with Gasteiger partial charge in [-0.25, -0.2) is 0 Å². The molecular formula is C12H23N3O2. The van der Waals surface area contributed by atoms with Gasteiger partial charge in [-0.2, -0.15) is 0 Å². The number of hydrogen-bond acceptors (Lipinski definition) is 4. The van der Waals surface area contributed by atoms with E-state index >= 15 is 0 Å². The van der Waals surface area contributed by atoms with Crippen molar-refractivity contribution in [2.45, 2.75) is 25.4 Å². The van der Waals surface area contributed by atoms with Gasteiger partial charge in [0.15, 0.2) is 0 Å². The Morgan fingerprint density at radius 2 is 1.82 bits per heavy atom. The first-order chi connectivity index (χ1) is 8.25. The fraction of sp³-hybridized carbons (Fsp3) is 0.917. The Kier molecular flexibility index (Phi) is 4.76. The van der Waals surface area contributed by atoms with Crippen molar-refractivity contribution >= 4 is 5.91 Å². The summed E-state index contributed by atoms with van der Waals surface area (Å²) < 4.78 is 5.33. The molecule has 0 radical (unpaired) electrons. The highest BCUT2D eigenvalue weighted by molar-refractivity contribution is 5.79. The summed E-state index contributed by atoms with van der Waals surface area (Å²) >= 11 is 0. The summed E-state index contributed by atoms with van der Waals surface area (Å²) in [5.74, 6) is -0.340. The van der Waals surface area contributed by atoms with Crippen LogP contribution < -0.4 is 5.73 Å². The standard InChI is InChI=1S/C12H23N3O2/c13-12(16)11-10-15(8-9-17-11)7-6-14-4-2-1-3-5-14/h11H,1-10H2,(H2,13,16). The number of likely N-dealkylation sites (tertiary alicyclic amines) is 1. The van der Waals surface area contributed by atoms with Crippen LogP contribution in [0.4, 0.5) is 0 Å². The molecule has 2 aliphatic rings. The van der Waals surface area contributed by atoms with Crippen molar-refractivity contribution in [3.05, 3.63) is 0 Å². The van der Waals surface area contributed by atoms with E-state index in [0.717, 1.165) is 19.6 Å². The molecule has 0 aromatic rings. The molecule has 2 heterocycles. The molecule has 1 atom stereocenters. The number of morpholine rings is 1. The first kappa shape index (κ1) is 12.8. The lowest BCUT2D eigenvalue weighted by Gasteiger charge is -2.34. The normalized spacial score (nSPS) is 28.1. The molecular weight excluding hydrogens is 218 g/mol. The molecule has 0 spiro atoms. The minimum atomic E-state index is -0.412. The summed E-state index contributed by atoms with van der Waals surface area (Å²) in [5, 5.41) is 0. The van der Waals surface area contributed by atoms with E-state index in [0.29, 0.717) is 13.2 Å². The second kappa shape index (κ2) is 6.33. The number of nitrogens with zero attached hydrogens (tertiary/aromatic N) is 2. The molecule has 0 aliphatic carbocycles.